The second kappa shape index (κ2) is 7.77. The Kier molecular flexibility index (Phi) is 5.71. The van der Waals surface area contributed by atoms with Crippen molar-refractivity contribution in [3.05, 3.63) is 56.9 Å². The maximum Gasteiger partial charge on any atom is 0.312 e. The molecule has 138 valence electrons. The molecule has 0 aliphatic heterocycles. The van der Waals surface area contributed by atoms with Gasteiger partial charge in [-0.15, -0.1) is 0 Å². The van der Waals surface area contributed by atoms with E-state index in [4.69, 9.17) is 0 Å². The minimum atomic E-state index is -0.437. The first-order valence-corrected chi connectivity index (χ1v) is 8.08. The van der Waals surface area contributed by atoms with Crippen molar-refractivity contribution in [1.82, 2.24) is 20.6 Å². The van der Waals surface area contributed by atoms with Gasteiger partial charge in [0.25, 0.3) is 5.91 Å². The molecule has 1 aromatic heterocycles. The number of aryl methyl sites for hydroxylation is 1. The molecule has 0 aliphatic carbocycles. The largest absolute Gasteiger partial charge is 0.312 e. The Bertz CT molecular complexity index is 840. The number of nitro groups is 1. The van der Waals surface area contributed by atoms with Crippen LogP contribution in [0.15, 0.2) is 24.3 Å². The van der Waals surface area contributed by atoms with E-state index in [0.717, 1.165) is 5.56 Å². The van der Waals surface area contributed by atoms with Crippen molar-refractivity contribution in [2.45, 2.75) is 34.2 Å². The standard InChI is InChI=1S/C17H21N5O4/c1-10(2)16(23)18-19-17(24)14-7-5-13(6-8-14)9-21-12(4)15(22(25)26)11(3)20-21/h5-8,10H,9H2,1-4H3,(H,18,23)(H,19,24). The van der Waals surface area contributed by atoms with Gasteiger partial charge in [-0.25, -0.2) is 0 Å². The number of aromatic nitrogens is 2. The maximum absolute atomic E-state index is 12.0. The van der Waals surface area contributed by atoms with Crippen LogP contribution in [-0.2, 0) is 11.3 Å². The normalized spacial score (nSPS) is 10.7. The fourth-order valence-corrected chi connectivity index (χ4v) is 2.37. The summed E-state index contributed by atoms with van der Waals surface area (Å²) in [5, 5.41) is 15.3. The molecule has 9 heteroatoms. The summed E-state index contributed by atoms with van der Waals surface area (Å²) in [6, 6.07) is 6.71. The molecule has 0 aliphatic rings. The first kappa shape index (κ1) is 19.1. The zero-order valence-corrected chi connectivity index (χ0v) is 15.1. The second-order valence-electron chi connectivity index (χ2n) is 6.23. The van der Waals surface area contributed by atoms with Crippen LogP contribution in [0.5, 0.6) is 0 Å². The van der Waals surface area contributed by atoms with Gasteiger partial charge in [-0.05, 0) is 31.5 Å². The van der Waals surface area contributed by atoms with E-state index >= 15 is 0 Å². The number of rotatable bonds is 5. The van der Waals surface area contributed by atoms with Gasteiger partial charge in [0.15, 0.2) is 0 Å². The molecule has 0 bridgehead atoms. The number of carbonyl (C=O) groups excluding carboxylic acids is 2. The molecule has 1 heterocycles. The van der Waals surface area contributed by atoms with Gasteiger partial charge in [0.05, 0.1) is 11.5 Å². The van der Waals surface area contributed by atoms with Gasteiger partial charge in [0.1, 0.15) is 11.4 Å². The number of nitrogens with one attached hydrogen (secondary N) is 2. The molecule has 0 saturated heterocycles. The molecule has 1 aromatic carbocycles. The topological polar surface area (TPSA) is 119 Å². The predicted octanol–water partition coefficient (Wildman–Crippen LogP) is 1.87. The van der Waals surface area contributed by atoms with Crippen LogP contribution in [0.2, 0.25) is 0 Å². The number of benzene rings is 1. The molecule has 0 atom stereocenters. The summed E-state index contributed by atoms with van der Waals surface area (Å²) in [5.41, 5.74) is 6.78. The van der Waals surface area contributed by atoms with Crippen LogP contribution in [0.3, 0.4) is 0 Å². The van der Waals surface area contributed by atoms with Gasteiger partial charge in [0, 0.05) is 11.5 Å². The first-order chi connectivity index (χ1) is 12.2. The van der Waals surface area contributed by atoms with E-state index < -0.39 is 10.8 Å². The average molecular weight is 359 g/mol. The number of amides is 2. The number of carbonyl (C=O) groups is 2. The Hall–Kier alpha value is -3.23. The van der Waals surface area contributed by atoms with Crippen molar-refractivity contribution in [1.29, 1.82) is 0 Å². The Balaban J connectivity index is 2.06. The highest BCUT2D eigenvalue weighted by Gasteiger charge is 2.21. The van der Waals surface area contributed by atoms with Gasteiger partial charge >= 0.3 is 5.69 Å². The highest BCUT2D eigenvalue weighted by Crippen LogP contribution is 2.22. The van der Waals surface area contributed by atoms with Crippen molar-refractivity contribution in [3.8, 4) is 0 Å². The maximum atomic E-state index is 12.0. The number of hydrazine groups is 1. The predicted molar refractivity (Wildman–Crippen MR) is 94.3 cm³/mol. The minimum absolute atomic E-state index is 0.0156. The van der Waals surface area contributed by atoms with Crippen LogP contribution < -0.4 is 10.9 Å². The fraction of sp³-hybridized carbons (Fsp3) is 0.353. The lowest BCUT2D eigenvalue weighted by Gasteiger charge is -2.10. The molecule has 0 saturated carbocycles. The quantitative estimate of drug-likeness (QED) is 0.624. The van der Waals surface area contributed by atoms with E-state index in [0.29, 0.717) is 23.5 Å². The molecule has 0 spiro atoms. The summed E-state index contributed by atoms with van der Waals surface area (Å²) in [7, 11) is 0. The van der Waals surface area contributed by atoms with Gasteiger partial charge in [-0.1, -0.05) is 26.0 Å². The molecule has 26 heavy (non-hydrogen) atoms. The lowest BCUT2D eigenvalue weighted by molar-refractivity contribution is -0.386. The van der Waals surface area contributed by atoms with Crippen molar-refractivity contribution >= 4 is 17.5 Å². The lowest BCUT2D eigenvalue weighted by atomic mass is 10.1. The molecule has 2 rings (SSSR count). The van der Waals surface area contributed by atoms with Crippen molar-refractivity contribution in [2.24, 2.45) is 5.92 Å². The molecule has 9 nitrogen and oxygen atoms in total. The fourth-order valence-electron chi connectivity index (χ4n) is 2.37. The van der Waals surface area contributed by atoms with Crippen molar-refractivity contribution in [3.63, 3.8) is 0 Å². The van der Waals surface area contributed by atoms with Crippen LogP contribution in [0.1, 0.15) is 41.2 Å². The summed E-state index contributed by atoms with van der Waals surface area (Å²) in [5.74, 6) is -0.934. The molecule has 2 N–H and O–H groups in total. The van der Waals surface area contributed by atoms with Crippen LogP contribution in [0.25, 0.3) is 0 Å². The molecule has 2 amide bonds. The van der Waals surface area contributed by atoms with Gasteiger partial charge < -0.3 is 0 Å². The smallest absolute Gasteiger partial charge is 0.273 e. The van der Waals surface area contributed by atoms with Crippen molar-refractivity contribution < 1.29 is 14.5 Å². The van der Waals surface area contributed by atoms with Gasteiger partial charge in [0.2, 0.25) is 5.91 Å². The van der Waals surface area contributed by atoms with E-state index in [1.165, 1.54) is 0 Å². The summed E-state index contributed by atoms with van der Waals surface area (Å²) < 4.78 is 1.56. The molecule has 2 aromatic rings. The Labute approximate surface area is 150 Å². The zero-order chi connectivity index (χ0) is 19.4. The monoisotopic (exact) mass is 359 g/mol. The van der Waals surface area contributed by atoms with E-state index in [2.05, 4.69) is 16.0 Å². The molecule has 0 fully saturated rings. The SMILES string of the molecule is Cc1nn(Cc2ccc(C(=O)NNC(=O)C(C)C)cc2)c(C)c1[N+](=O)[O-]. The third-order valence-corrected chi connectivity index (χ3v) is 3.90. The van der Waals surface area contributed by atoms with Crippen LogP contribution in [0.4, 0.5) is 5.69 Å². The van der Waals surface area contributed by atoms with Crippen LogP contribution >= 0.6 is 0 Å². The summed E-state index contributed by atoms with van der Waals surface area (Å²) in [6.07, 6.45) is 0. The molecule has 0 radical (unpaired) electrons. The third-order valence-electron chi connectivity index (χ3n) is 3.90. The van der Waals surface area contributed by atoms with E-state index in [1.807, 2.05) is 0 Å². The van der Waals surface area contributed by atoms with Crippen molar-refractivity contribution in [2.75, 3.05) is 0 Å². The number of hydrogen-bond acceptors (Lipinski definition) is 5. The third kappa shape index (κ3) is 4.24. The van der Waals surface area contributed by atoms with Gasteiger partial charge in [-0.3, -0.25) is 35.2 Å². The van der Waals surface area contributed by atoms with Crippen LogP contribution in [-0.4, -0.2) is 26.5 Å². The highest BCUT2D eigenvalue weighted by molar-refractivity contribution is 5.95. The molecular weight excluding hydrogens is 338 g/mol. The Morgan fingerprint density at radius 2 is 1.81 bits per heavy atom. The Morgan fingerprint density at radius 1 is 1.19 bits per heavy atom. The summed E-state index contributed by atoms with van der Waals surface area (Å²) in [6.45, 7) is 7.05. The highest BCUT2D eigenvalue weighted by atomic mass is 16.6. The Morgan fingerprint density at radius 3 is 2.31 bits per heavy atom. The van der Waals surface area contributed by atoms with E-state index in [-0.39, 0.29) is 17.5 Å². The van der Waals surface area contributed by atoms with Gasteiger partial charge in [-0.2, -0.15) is 5.10 Å². The second-order valence-corrected chi connectivity index (χ2v) is 6.23. The van der Waals surface area contributed by atoms with E-state index in [9.17, 15) is 19.7 Å². The van der Waals surface area contributed by atoms with Crippen LogP contribution in [0, 0.1) is 29.9 Å². The summed E-state index contributed by atoms with van der Waals surface area (Å²) in [4.78, 5) is 34.1. The molecular formula is C17H21N5O4. The van der Waals surface area contributed by atoms with E-state index in [1.54, 1.807) is 56.6 Å². The molecule has 0 unspecified atom stereocenters. The zero-order valence-electron chi connectivity index (χ0n) is 15.1. The lowest BCUT2D eigenvalue weighted by Crippen LogP contribution is -2.43. The average Bonchev–Trinajstić information content (AvgIpc) is 2.86. The minimum Gasteiger partial charge on any atom is -0.273 e. The number of nitrogens with zero attached hydrogens (tertiary/aromatic N) is 3. The summed E-state index contributed by atoms with van der Waals surface area (Å²) >= 11 is 0. The first-order valence-electron chi connectivity index (χ1n) is 8.08. The number of hydrogen-bond donors (Lipinski definition) is 2.